The van der Waals surface area contributed by atoms with Crippen LogP contribution in [0, 0.1) is 0 Å². The van der Waals surface area contributed by atoms with Crippen LogP contribution in [0.4, 0.5) is 5.69 Å². The van der Waals surface area contributed by atoms with Gasteiger partial charge in [-0.2, -0.15) is 0 Å². The van der Waals surface area contributed by atoms with E-state index in [1.165, 1.54) is 0 Å². The quantitative estimate of drug-likeness (QED) is 0.880. The third kappa shape index (κ3) is 3.78. The molecule has 0 saturated heterocycles. The summed E-state index contributed by atoms with van der Waals surface area (Å²) < 4.78 is 5.68. The van der Waals surface area contributed by atoms with E-state index in [1.54, 1.807) is 24.4 Å². The SMILES string of the molecule is C=c1cc(Oc2c(Cl)cc(N)cc2Cl)cn/c1=C/C=C\C. The van der Waals surface area contributed by atoms with Crippen LogP contribution in [0.1, 0.15) is 6.92 Å². The summed E-state index contributed by atoms with van der Waals surface area (Å²) in [6.07, 6.45) is 7.27. The van der Waals surface area contributed by atoms with E-state index in [1.807, 2.05) is 25.2 Å². The van der Waals surface area contributed by atoms with Crippen LogP contribution in [0.25, 0.3) is 12.7 Å². The molecule has 1 aromatic carbocycles. The minimum Gasteiger partial charge on any atom is -0.453 e. The van der Waals surface area contributed by atoms with Crippen molar-refractivity contribution in [2.24, 2.45) is 0 Å². The molecule has 0 saturated carbocycles. The third-order valence-corrected chi connectivity index (χ3v) is 3.22. The number of allylic oxidation sites excluding steroid dienone is 2. The van der Waals surface area contributed by atoms with Crippen LogP contribution < -0.4 is 21.0 Å². The van der Waals surface area contributed by atoms with Gasteiger partial charge in [-0.25, -0.2) is 0 Å². The van der Waals surface area contributed by atoms with Gasteiger partial charge < -0.3 is 10.5 Å². The number of ether oxygens (including phenoxy) is 1. The maximum atomic E-state index is 6.08. The van der Waals surface area contributed by atoms with Gasteiger partial charge in [0.15, 0.2) is 5.75 Å². The van der Waals surface area contributed by atoms with Gasteiger partial charge in [0.25, 0.3) is 0 Å². The number of aromatic nitrogens is 1. The second kappa shape index (κ2) is 6.66. The van der Waals surface area contributed by atoms with Crippen molar-refractivity contribution in [3.05, 3.63) is 57.2 Å². The lowest BCUT2D eigenvalue weighted by atomic mass is 10.3. The van der Waals surface area contributed by atoms with Crippen molar-refractivity contribution in [3.8, 4) is 11.5 Å². The predicted octanol–water partition coefficient (Wildman–Crippen LogP) is 3.53. The van der Waals surface area contributed by atoms with Crippen LogP contribution in [-0.4, -0.2) is 4.98 Å². The Bertz CT molecular complexity index is 777. The fraction of sp³-hybridized carbons (Fsp3) is 0.0625. The summed E-state index contributed by atoms with van der Waals surface area (Å²) in [7, 11) is 0. The lowest BCUT2D eigenvalue weighted by Gasteiger charge is -2.10. The molecule has 0 atom stereocenters. The number of halogens is 2. The normalized spacial score (nSPS) is 12.0. The number of rotatable bonds is 3. The van der Waals surface area contributed by atoms with Gasteiger partial charge in [0.2, 0.25) is 0 Å². The Balaban J connectivity index is 2.38. The molecule has 2 rings (SSSR count). The molecule has 5 heteroatoms. The molecule has 0 spiro atoms. The number of nitrogens with zero attached hydrogens (tertiary/aromatic N) is 1. The molecule has 0 radical (unpaired) electrons. The van der Waals surface area contributed by atoms with Crippen molar-refractivity contribution in [3.63, 3.8) is 0 Å². The van der Waals surface area contributed by atoms with E-state index in [0.717, 1.165) is 10.6 Å². The third-order valence-electron chi connectivity index (χ3n) is 2.66. The summed E-state index contributed by atoms with van der Waals surface area (Å²) in [4.78, 5) is 4.28. The van der Waals surface area contributed by atoms with Gasteiger partial charge in [-0.1, -0.05) is 41.9 Å². The smallest absolute Gasteiger partial charge is 0.164 e. The Kier molecular flexibility index (Phi) is 4.89. The van der Waals surface area contributed by atoms with Crippen molar-refractivity contribution in [1.29, 1.82) is 0 Å². The maximum Gasteiger partial charge on any atom is 0.164 e. The topological polar surface area (TPSA) is 48.1 Å². The van der Waals surface area contributed by atoms with Gasteiger partial charge in [0.05, 0.1) is 21.6 Å². The molecule has 2 aromatic rings. The van der Waals surface area contributed by atoms with Crippen molar-refractivity contribution in [2.45, 2.75) is 6.92 Å². The van der Waals surface area contributed by atoms with Crippen LogP contribution in [0.15, 0.2) is 36.5 Å². The lowest BCUT2D eigenvalue weighted by Crippen LogP contribution is -2.25. The highest BCUT2D eigenvalue weighted by atomic mass is 35.5. The molecule has 1 heterocycles. The predicted molar refractivity (Wildman–Crippen MR) is 89.2 cm³/mol. The van der Waals surface area contributed by atoms with Crippen molar-refractivity contribution < 1.29 is 4.74 Å². The molecule has 21 heavy (non-hydrogen) atoms. The summed E-state index contributed by atoms with van der Waals surface area (Å²) >= 11 is 12.2. The molecule has 1 aromatic heterocycles. The van der Waals surface area contributed by atoms with Crippen LogP contribution in [-0.2, 0) is 0 Å². The van der Waals surface area contributed by atoms with Crippen molar-refractivity contribution >= 4 is 41.5 Å². The number of hydrogen-bond acceptors (Lipinski definition) is 3. The number of benzene rings is 1. The molecule has 0 aliphatic carbocycles. The zero-order chi connectivity index (χ0) is 15.4. The number of nitrogen functional groups attached to an aromatic ring is 1. The van der Waals surface area contributed by atoms with E-state index in [4.69, 9.17) is 33.7 Å². The van der Waals surface area contributed by atoms with Gasteiger partial charge >= 0.3 is 0 Å². The fourth-order valence-corrected chi connectivity index (χ4v) is 2.27. The van der Waals surface area contributed by atoms with Crippen LogP contribution in [0.5, 0.6) is 11.5 Å². The van der Waals surface area contributed by atoms with E-state index in [-0.39, 0.29) is 0 Å². The first-order valence-electron chi connectivity index (χ1n) is 6.21. The summed E-state index contributed by atoms with van der Waals surface area (Å²) in [5.74, 6) is 0.852. The first kappa shape index (κ1) is 15.4. The minimum atomic E-state index is 0.343. The van der Waals surface area contributed by atoms with Crippen LogP contribution in [0.2, 0.25) is 10.0 Å². The van der Waals surface area contributed by atoms with Crippen LogP contribution in [0.3, 0.4) is 0 Å². The van der Waals surface area contributed by atoms with Crippen molar-refractivity contribution in [1.82, 2.24) is 4.98 Å². The number of hydrogen-bond donors (Lipinski definition) is 1. The second-order valence-corrected chi connectivity index (χ2v) is 5.14. The number of pyridine rings is 1. The summed E-state index contributed by atoms with van der Waals surface area (Å²) in [6.45, 7) is 5.87. The average Bonchev–Trinajstić information content (AvgIpc) is 2.42. The number of nitrogens with two attached hydrogens (primary N) is 1. The van der Waals surface area contributed by atoms with Crippen molar-refractivity contribution in [2.75, 3.05) is 5.73 Å². The Morgan fingerprint density at radius 2 is 1.90 bits per heavy atom. The average molecular weight is 321 g/mol. The standard InChI is InChI=1S/C16H14Cl2N2O/c1-3-4-5-15-10(2)6-12(9-20-15)21-16-13(17)7-11(19)8-14(16)18/h3-9H,2,19H2,1H3/b4-3-,15-5+. The molecule has 0 aliphatic rings. The molecule has 0 bridgehead atoms. The molecule has 108 valence electrons. The van der Waals surface area contributed by atoms with E-state index >= 15 is 0 Å². The van der Waals surface area contributed by atoms with E-state index in [2.05, 4.69) is 11.6 Å². The van der Waals surface area contributed by atoms with E-state index in [0.29, 0.717) is 27.2 Å². The Morgan fingerprint density at radius 1 is 1.24 bits per heavy atom. The molecule has 0 amide bonds. The molecule has 0 fully saturated rings. The Labute approximate surface area is 133 Å². The Hall–Kier alpha value is -1.97. The zero-order valence-corrected chi connectivity index (χ0v) is 12.9. The monoisotopic (exact) mass is 320 g/mol. The summed E-state index contributed by atoms with van der Waals surface area (Å²) in [5.41, 5.74) is 6.13. The van der Waals surface area contributed by atoms with Gasteiger partial charge in [0, 0.05) is 5.69 Å². The summed E-state index contributed by atoms with van der Waals surface area (Å²) in [6, 6.07) is 4.93. The highest BCUT2D eigenvalue weighted by Crippen LogP contribution is 2.37. The first-order chi connectivity index (χ1) is 10.0. The second-order valence-electron chi connectivity index (χ2n) is 4.32. The highest BCUT2D eigenvalue weighted by Gasteiger charge is 2.10. The van der Waals surface area contributed by atoms with Gasteiger partial charge in [0.1, 0.15) is 5.75 Å². The number of anilines is 1. The lowest BCUT2D eigenvalue weighted by molar-refractivity contribution is 0.480. The highest BCUT2D eigenvalue weighted by molar-refractivity contribution is 6.37. The Morgan fingerprint density at radius 3 is 2.48 bits per heavy atom. The van der Waals surface area contributed by atoms with Gasteiger partial charge in [-0.15, -0.1) is 0 Å². The summed E-state index contributed by atoms with van der Waals surface area (Å²) in [5, 5.41) is 2.20. The van der Waals surface area contributed by atoms with Gasteiger partial charge in [-0.05, 0) is 36.4 Å². The molecular weight excluding hydrogens is 307 g/mol. The molecule has 3 nitrogen and oxygen atoms in total. The van der Waals surface area contributed by atoms with Gasteiger partial charge in [-0.3, -0.25) is 4.98 Å². The maximum absolute atomic E-state index is 6.08. The minimum absolute atomic E-state index is 0.343. The van der Waals surface area contributed by atoms with E-state index in [9.17, 15) is 0 Å². The van der Waals surface area contributed by atoms with Crippen LogP contribution >= 0.6 is 23.2 Å². The fourth-order valence-electron chi connectivity index (χ4n) is 1.69. The zero-order valence-electron chi connectivity index (χ0n) is 11.4. The molecule has 0 aliphatic heterocycles. The molecule has 2 N–H and O–H groups in total. The molecular formula is C16H14Cl2N2O. The largest absolute Gasteiger partial charge is 0.453 e. The molecule has 0 unspecified atom stereocenters. The van der Waals surface area contributed by atoms with E-state index < -0.39 is 0 Å². The first-order valence-corrected chi connectivity index (χ1v) is 6.97.